The van der Waals surface area contributed by atoms with E-state index in [1.54, 1.807) is 0 Å². The SMILES string of the molecule is CCCNC(C)c1ccc(N2CCC(N(C)C)C2)cc1Br. The zero-order valence-electron chi connectivity index (χ0n) is 13.7. The fourth-order valence-electron chi connectivity index (χ4n) is 2.93. The summed E-state index contributed by atoms with van der Waals surface area (Å²) in [4.78, 5) is 4.82. The monoisotopic (exact) mass is 353 g/mol. The van der Waals surface area contributed by atoms with Gasteiger partial charge in [0.25, 0.3) is 0 Å². The Morgan fingerprint density at radius 1 is 1.43 bits per heavy atom. The fraction of sp³-hybridized carbons (Fsp3) is 0.647. The second-order valence-corrected chi connectivity index (χ2v) is 7.09. The molecule has 2 atom stereocenters. The molecule has 1 aliphatic rings. The molecule has 1 aromatic carbocycles. The third-order valence-corrected chi connectivity index (χ3v) is 5.10. The molecule has 2 unspecified atom stereocenters. The van der Waals surface area contributed by atoms with Gasteiger partial charge in [0.15, 0.2) is 0 Å². The zero-order valence-corrected chi connectivity index (χ0v) is 15.3. The van der Waals surface area contributed by atoms with Crippen molar-refractivity contribution in [3.05, 3.63) is 28.2 Å². The van der Waals surface area contributed by atoms with Gasteiger partial charge in [0.2, 0.25) is 0 Å². The molecule has 1 N–H and O–H groups in total. The van der Waals surface area contributed by atoms with Gasteiger partial charge in [-0.15, -0.1) is 0 Å². The van der Waals surface area contributed by atoms with Crippen LogP contribution >= 0.6 is 15.9 Å². The van der Waals surface area contributed by atoms with Crippen molar-refractivity contribution in [1.82, 2.24) is 10.2 Å². The molecular weight excluding hydrogens is 326 g/mol. The lowest BCUT2D eigenvalue weighted by atomic mass is 10.1. The summed E-state index contributed by atoms with van der Waals surface area (Å²) in [5, 5.41) is 3.55. The van der Waals surface area contributed by atoms with Crippen LogP contribution in [0.15, 0.2) is 22.7 Å². The normalized spacial score (nSPS) is 20.3. The summed E-state index contributed by atoms with van der Waals surface area (Å²) in [5.41, 5.74) is 2.67. The number of anilines is 1. The van der Waals surface area contributed by atoms with E-state index in [0.29, 0.717) is 12.1 Å². The molecule has 1 saturated heterocycles. The molecule has 118 valence electrons. The first-order valence-corrected chi connectivity index (χ1v) is 8.76. The van der Waals surface area contributed by atoms with Crippen LogP contribution in [0.3, 0.4) is 0 Å². The molecule has 21 heavy (non-hydrogen) atoms. The lowest BCUT2D eigenvalue weighted by molar-refractivity contribution is 0.315. The lowest BCUT2D eigenvalue weighted by Crippen LogP contribution is -2.31. The Morgan fingerprint density at radius 3 is 2.76 bits per heavy atom. The highest BCUT2D eigenvalue weighted by Crippen LogP contribution is 2.30. The van der Waals surface area contributed by atoms with Crippen LogP contribution in [0.2, 0.25) is 0 Å². The third kappa shape index (κ3) is 4.21. The molecule has 0 spiro atoms. The first-order valence-electron chi connectivity index (χ1n) is 7.97. The predicted molar refractivity (Wildman–Crippen MR) is 95.2 cm³/mol. The van der Waals surface area contributed by atoms with Crippen LogP contribution in [0.1, 0.15) is 38.3 Å². The van der Waals surface area contributed by atoms with Crippen molar-refractivity contribution in [3.8, 4) is 0 Å². The van der Waals surface area contributed by atoms with Gasteiger partial charge in [0, 0.05) is 35.3 Å². The van der Waals surface area contributed by atoms with Gasteiger partial charge in [-0.3, -0.25) is 0 Å². The van der Waals surface area contributed by atoms with Crippen LogP contribution in [0.25, 0.3) is 0 Å². The number of benzene rings is 1. The molecule has 1 aliphatic heterocycles. The summed E-state index contributed by atoms with van der Waals surface area (Å²) >= 11 is 3.75. The number of nitrogens with one attached hydrogen (secondary N) is 1. The molecule has 1 fully saturated rings. The minimum Gasteiger partial charge on any atom is -0.370 e. The van der Waals surface area contributed by atoms with Crippen molar-refractivity contribution in [2.45, 2.75) is 38.8 Å². The van der Waals surface area contributed by atoms with E-state index in [1.165, 1.54) is 28.6 Å². The highest BCUT2D eigenvalue weighted by molar-refractivity contribution is 9.10. The average Bonchev–Trinajstić information content (AvgIpc) is 2.94. The molecule has 3 nitrogen and oxygen atoms in total. The average molecular weight is 354 g/mol. The van der Waals surface area contributed by atoms with E-state index in [9.17, 15) is 0 Å². The second-order valence-electron chi connectivity index (χ2n) is 6.23. The van der Waals surface area contributed by atoms with Crippen molar-refractivity contribution in [2.75, 3.05) is 38.6 Å². The van der Waals surface area contributed by atoms with E-state index >= 15 is 0 Å². The maximum absolute atomic E-state index is 3.75. The van der Waals surface area contributed by atoms with Crippen molar-refractivity contribution in [1.29, 1.82) is 0 Å². The van der Waals surface area contributed by atoms with Gasteiger partial charge >= 0.3 is 0 Å². The van der Waals surface area contributed by atoms with Gasteiger partial charge in [0.05, 0.1) is 0 Å². The first kappa shape index (κ1) is 16.8. The largest absolute Gasteiger partial charge is 0.370 e. The molecule has 0 aliphatic carbocycles. The molecule has 4 heteroatoms. The van der Waals surface area contributed by atoms with Crippen LogP contribution < -0.4 is 10.2 Å². The summed E-state index contributed by atoms with van der Waals surface area (Å²) in [6.45, 7) is 7.77. The summed E-state index contributed by atoms with van der Waals surface area (Å²) in [6.07, 6.45) is 2.42. The Balaban J connectivity index is 2.05. The maximum Gasteiger partial charge on any atom is 0.0378 e. The third-order valence-electron chi connectivity index (χ3n) is 4.41. The van der Waals surface area contributed by atoms with Gasteiger partial charge in [-0.2, -0.15) is 0 Å². The Labute approximate surface area is 137 Å². The highest BCUT2D eigenvalue weighted by atomic mass is 79.9. The van der Waals surface area contributed by atoms with E-state index in [2.05, 4.69) is 77.2 Å². The van der Waals surface area contributed by atoms with Crippen molar-refractivity contribution < 1.29 is 0 Å². The van der Waals surface area contributed by atoms with Gasteiger partial charge in [0.1, 0.15) is 0 Å². The van der Waals surface area contributed by atoms with Crippen LogP contribution in [0.5, 0.6) is 0 Å². The van der Waals surface area contributed by atoms with Gasteiger partial charge in [-0.25, -0.2) is 0 Å². The minimum absolute atomic E-state index is 0.390. The Kier molecular flexibility index (Phi) is 6.08. The molecule has 1 aromatic rings. The van der Waals surface area contributed by atoms with Crippen molar-refractivity contribution in [2.24, 2.45) is 0 Å². The summed E-state index contributed by atoms with van der Waals surface area (Å²) in [5.74, 6) is 0. The van der Waals surface area contributed by atoms with E-state index < -0.39 is 0 Å². The molecule has 2 rings (SSSR count). The molecule has 1 heterocycles. The molecule has 0 saturated carbocycles. The number of nitrogens with zero attached hydrogens (tertiary/aromatic N) is 2. The number of hydrogen-bond donors (Lipinski definition) is 1. The summed E-state index contributed by atoms with van der Waals surface area (Å²) < 4.78 is 1.21. The fourth-order valence-corrected chi connectivity index (χ4v) is 3.64. The highest BCUT2D eigenvalue weighted by Gasteiger charge is 2.24. The van der Waals surface area contributed by atoms with Crippen molar-refractivity contribution >= 4 is 21.6 Å². The Bertz CT molecular complexity index is 461. The van der Waals surface area contributed by atoms with Gasteiger partial charge in [-0.1, -0.05) is 28.9 Å². The topological polar surface area (TPSA) is 18.5 Å². The molecule has 0 aromatic heterocycles. The number of rotatable bonds is 6. The Morgan fingerprint density at radius 2 is 2.19 bits per heavy atom. The molecule has 0 radical (unpaired) electrons. The molecule has 0 bridgehead atoms. The zero-order chi connectivity index (χ0) is 15.4. The van der Waals surface area contributed by atoms with Crippen LogP contribution in [0, 0.1) is 0 Å². The molecular formula is C17H28BrN3. The lowest BCUT2D eigenvalue weighted by Gasteiger charge is -2.23. The Hall–Kier alpha value is -0.580. The number of likely N-dealkylation sites (N-methyl/N-ethyl adjacent to an activating group) is 1. The summed E-state index contributed by atoms with van der Waals surface area (Å²) in [7, 11) is 4.35. The van der Waals surface area contributed by atoms with Crippen LogP contribution in [0.4, 0.5) is 5.69 Å². The van der Waals surface area contributed by atoms with Crippen molar-refractivity contribution in [3.63, 3.8) is 0 Å². The standard InChI is InChI=1S/C17H28BrN3/c1-5-9-19-13(2)16-7-6-14(11-17(16)18)21-10-8-15(12-21)20(3)4/h6-7,11,13,15,19H,5,8-10,12H2,1-4H3. The smallest absolute Gasteiger partial charge is 0.0378 e. The van der Waals surface area contributed by atoms with E-state index in [-0.39, 0.29) is 0 Å². The quantitative estimate of drug-likeness (QED) is 0.841. The minimum atomic E-state index is 0.390. The maximum atomic E-state index is 3.75. The van der Waals surface area contributed by atoms with Gasteiger partial charge < -0.3 is 15.1 Å². The summed E-state index contributed by atoms with van der Waals surface area (Å²) in [6, 6.07) is 7.87. The predicted octanol–water partition coefficient (Wildman–Crippen LogP) is 3.65. The second kappa shape index (κ2) is 7.61. The molecule has 0 amide bonds. The van der Waals surface area contributed by atoms with Crippen LogP contribution in [-0.2, 0) is 0 Å². The van der Waals surface area contributed by atoms with E-state index in [4.69, 9.17) is 0 Å². The van der Waals surface area contributed by atoms with Crippen LogP contribution in [-0.4, -0.2) is 44.7 Å². The number of hydrogen-bond acceptors (Lipinski definition) is 3. The van der Waals surface area contributed by atoms with E-state index in [0.717, 1.165) is 19.6 Å². The first-order chi connectivity index (χ1) is 10.0. The van der Waals surface area contributed by atoms with E-state index in [1.807, 2.05) is 0 Å². The van der Waals surface area contributed by atoms with Gasteiger partial charge in [-0.05, 0) is 58.1 Å². The number of halogens is 1.